The van der Waals surface area contributed by atoms with E-state index in [1.54, 1.807) is 6.07 Å². The van der Waals surface area contributed by atoms with Gasteiger partial charge in [0.1, 0.15) is 11.5 Å². The first kappa shape index (κ1) is 16.0. The van der Waals surface area contributed by atoms with E-state index in [4.69, 9.17) is 33.4 Å². The minimum atomic E-state index is -0.602. The smallest absolute Gasteiger partial charge is 0.252 e. The van der Waals surface area contributed by atoms with Crippen LogP contribution in [0.3, 0.4) is 0 Å². The largest absolute Gasteiger partial charge is 0.508 e. The second-order valence-corrected chi connectivity index (χ2v) is 4.33. The molecule has 0 aromatic heterocycles. The lowest BCUT2D eigenvalue weighted by Crippen LogP contribution is -1.93. The zero-order valence-corrected chi connectivity index (χ0v) is 11.6. The minimum Gasteiger partial charge on any atom is -0.508 e. The Morgan fingerprint density at radius 1 is 0.750 bits per heavy atom. The van der Waals surface area contributed by atoms with Crippen LogP contribution in [-0.4, -0.2) is 20.7 Å². The maximum atomic E-state index is 10.6. The fourth-order valence-electron chi connectivity index (χ4n) is 1.22. The van der Waals surface area contributed by atoms with Crippen molar-refractivity contribution in [3.63, 3.8) is 0 Å². The Morgan fingerprint density at radius 2 is 1.10 bits per heavy atom. The van der Waals surface area contributed by atoms with E-state index in [1.165, 1.54) is 42.5 Å². The zero-order valence-electron chi connectivity index (χ0n) is 10.1. The quantitative estimate of drug-likeness (QED) is 0.657. The van der Waals surface area contributed by atoms with E-state index in [0.717, 1.165) is 0 Å². The molecule has 2 aromatic rings. The molecule has 6 heteroatoms. The molecule has 0 aliphatic heterocycles. The van der Waals surface area contributed by atoms with Crippen LogP contribution >= 0.6 is 23.2 Å². The molecule has 4 nitrogen and oxygen atoms in total. The summed E-state index contributed by atoms with van der Waals surface area (Å²) in [5, 5.41) is 16.1. The second-order valence-electron chi connectivity index (χ2n) is 3.64. The van der Waals surface area contributed by atoms with Gasteiger partial charge in [-0.05, 0) is 53.5 Å². The molecule has 0 aliphatic carbocycles. The first-order valence-electron chi connectivity index (χ1n) is 5.38. The van der Waals surface area contributed by atoms with Gasteiger partial charge in [-0.3, -0.25) is 9.59 Å². The van der Waals surface area contributed by atoms with Gasteiger partial charge in [0.25, 0.3) is 10.5 Å². The van der Waals surface area contributed by atoms with Gasteiger partial charge < -0.3 is 10.2 Å². The topological polar surface area (TPSA) is 74.6 Å². The molecule has 0 saturated carbocycles. The molecule has 2 rings (SSSR count). The first-order valence-corrected chi connectivity index (χ1v) is 6.13. The molecular weight excluding hydrogens is 303 g/mol. The van der Waals surface area contributed by atoms with Crippen LogP contribution in [0.5, 0.6) is 11.5 Å². The van der Waals surface area contributed by atoms with Crippen LogP contribution in [0.1, 0.15) is 20.7 Å². The van der Waals surface area contributed by atoms with Gasteiger partial charge in [0, 0.05) is 11.1 Å². The third kappa shape index (κ3) is 5.30. The number of hydrogen-bond acceptors (Lipinski definition) is 4. The maximum Gasteiger partial charge on any atom is 0.252 e. The Kier molecular flexibility index (Phi) is 6.03. The van der Waals surface area contributed by atoms with E-state index in [2.05, 4.69) is 0 Å². The van der Waals surface area contributed by atoms with Crippen molar-refractivity contribution >= 4 is 33.7 Å². The molecule has 0 bridgehead atoms. The Bertz CT molecular complexity index is 559. The van der Waals surface area contributed by atoms with Gasteiger partial charge in [-0.25, -0.2) is 0 Å². The molecule has 0 saturated heterocycles. The summed E-state index contributed by atoms with van der Waals surface area (Å²) in [6.45, 7) is 0. The number of halogens is 2. The van der Waals surface area contributed by atoms with Crippen molar-refractivity contribution in [2.24, 2.45) is 0 Å². The number of hydrogen-bond donors (Lipinski definition) is 2. The monoisotopic (exact) mass is 312 g/mol. The van der Waals surface area contributed by atoms with Crippen LogP contribution < -0.4 is 0 Å². The molecule has 0 radical (unpaired) electrons. The molecule has 0 unspecified atom stereocenters. The van der Waals surface area contributed by atoms with Gasteiger partial charge in [-0.15, -0.1) is 0 Å². The summed E-state index contributed by atoms with van der Waals surface area (Å²) in [6.07, 6.45) is 0. The second kappa shape index (κ2) is 7.53. The molecular formula is C14H10Cl2O4. The standard InChI is InChI=1S/C8H4Cl2O2.C6H6O2/c9-7(11)5-2-1-3-6(4-5)8(10)12;7-5-1-2-6(8)4-3-5/h1-4H;1-4,7-8H. The molecule has 104 valence electrons. The average Bonchev–Trinajstić information content (AvgIpc) is 2.43. The fourth-order valence-corrected chi connectivity index (χ4v) is 1.45. The fraction of sp³-hybridized carbons (Fsp3) is 0. The molecule has 0 amide bonds. The predicted octanol–water partition coefficient (Wildman–Crippen LogP) is 3.54. The molecule has 0 spiro atoms. The lowest BCUT2D eigenvalue weighted by molar-refractivity contribution is 0.108. The third-order valence-electron chi connectivity index (χ3n) is 2.17. The molecule has 0 atom stereocenters. The maximum absolute atomic E-state index is 10.6. The Balaban J connectivity index is 0.000000217. The summed E-state index contributed by atoms with van der Waals surface area (Å²) in [6, 6.07) is 11.6. The highest BCUT2D eigenvalue weighted by Crippen LogP contribution is 2.13. The van der Waals surface area contributed by atoms with Gasteiger partial charge in [0.15, 0.2) is 0 Å². The normalized spacial score (nSPS) is 9.30. The SMILES string of the molecule is O=C(Cl)c1cccc(C(=O)Cl)c1.Oc1ccc(O)cc1. The van der Waals surface area contributed by atoms with Crippen molar-refractivity contribution in [3.05, 3.63) is 59.7 Å². The van der Waals surface area contributed by atoms with E-state index in [1.807, 2.05) is 0 Å². The number of carbonyl (C=O) groups is 2. The summed E-state index contributed by atoms with van der Waals surface area (Å²) in [5.41, 5.74) is 0.534. The number of phenols is 2. The van der Waals surface area contributed by atoms with Crippen molar-refractivity contribution in [2.75, 3.05) is 0 Å². The van der Waals surface area contributed by atoms with Crippen LogP contribution in [0.25, 0.3) is 0 Å². The van der Waals surface area contributed by atoms with Crippen molar-refractivity contribution in [1.82, 2.24) is 0 Å². The Labute approximate surface area is 125 Å². The average molecular weight is 313 g/mol. The lowest BCUT2D eigenvalue weighted by atomic mass is 10.1. The Morgan fingerprint density at radius 3 is 1.40 bits per heavy atom. The van der Waals surface area contributed by atoms with E-state index in [9.17, 15) is 9.59 Å². The van der Waals surface area contributed by atoms with Gasteiger partial charge in [-0.2, -0.15) is 0 Å². The van der Waals surface area contributed by atoms with Crippen LogP contribution in [0, 0.1) is 0 Å². The molecule has 2 N–H and O–H groups in total. The van der Waals surface area contributed by atoms with E-state index in [0.29, 0.717) is 0 Å². The van der Waals surface area contributed by atoms with Crippen molar-refractivity contribution in [2.45, 2.75) is 0 Å². The van der Waals surface area contributed by atoms with Gasteiger partial charge in [-0.1, -0.05) is 18.2 Å². The zero-order chi connectivity index (χ0) is 15.1. The number of benzene rings is 2. The summed E-state index contributed by atoms with van der Waals surface area (Å²) in [4.78, 5) is 21.3. The highest BCUT2D eigenvalue weighted by molar-refractivity contribution is 6.69. The van der Waals surface area contributed by atoms with E-state index < -0.39 is 10.5 Å². The van der Waals surface area contributed by atoms with Gasteiger partial charge in [0.05, 0.1) is 0 Å². The molecule has 0 fully saturated rings. The lowest BCUT2D eigenvalue weighted by Gasteiger charge is -1.95. The van der Waals surface area contributed by atoms with E-state index in [-0.39, 0.29) is 22.6 Å². The van der Waals surface area contributed by atoms with Crippen LogP contribution in [-0.2, 0) is 0 Å². The first-order chi connectivity index (χ1) is 9.40. The predicted molar refractivity (Wildman–Crippen MR) is 76.6 cm³/mol. The summed E-state index contributed by atoms with van der Waals surface area (Å²) in [7, 11) is 0. The number of phenolic OH excluding ortho intramolecular Hbond substituents is 2. The minimum absolute atomic E-state index is 0.169. The van der Waals surface area contributed by atoms with Gasteiger partial charge in [0.2, 0.25) is 0 Å². The van der Waals surface area contributed by atoms with Crippen molar-refractivity contribution < 1.29 is 19.8 Å². The summed E-state index contributed by atoms with van der Waals surface area (Å²) in [5.74, 6) is 0.339. The van der Waals surface area contributed by atoms with E-state index >= 15 is 0 Å². The third-order valence-corrected chi connectivity index (χ3v) is 2.60. The van der Waals surface area contributed by atoms with Crippen molar-refractivity contribution in [1.29, 1.82) is 0 Å². The molecule has 0 heterocycles. The number of carbonyl (C=O) groups excluding carboxylic acids is 2. The molecule has 20 heavy (non-hydrogen) atoms. The summed E-state index contributed by atoms with van der Waals surface area (Å²) >= 11 is 10.4. The molecule has 0 aliphatic rings. The Hall–Kier alpha value is -2.04. The summed E-state index contributed by atoms with van der Waals surface area (Å²) < 4.78 is 0. The van der Waals surface area contributed by atoms with Crippen LogP contribution in [0.4, 0.5) is 0 Å². The number of rotatable bonds is 2. The van der Waals surface area contributed by atoms with Crippen molar-refractivity contribution in [3.8, 4) is 11.5 Å². The number of aromatic hydroxyl groups is 2. The molecule has 2 aromatic carbocycles. The van der Waals surface area contributed by atoms with Crippen LogP contribution in [0.15, 0.2) is 48.5 Å². The van der Waals surface area contributed by atoms with Crippen LogP contribution in [0.2, 0.25) is 0 Å². The van der Waals surface area contributed by atoms with Gasteiger partial charge >= 0.3 is 0 Å². The highest BCUT2D eigenvalue weighted by atomic mass is 35.5. The highest BCUT2D eigenvalue weighted by Gasteiger charge is 2.05.